The van der Waals surface area contributed by atoms with E-state index in [2.05, 4.69) is 33.4 Å². The molecule has 10 nitrogen and oxygen atoms in total. The van der Waals surface area contributed by atoms with Crippen molar-refractivity contribution in [3.8, 4) is 0 Å². The van der Waals surface area contributed by atoms with E-state index in [0.717, 1.165) is 22.3 Å². The molecule has 0 atom stereocenters. The number of carbonyl (C=O) groups is 4. The largest absolute Gasteiger partial charge is 0.481 e. The maximum absolute atomic E-state index is 12.3. The lowest BCUT2D eigenvalue weighted by atomic mass is 10.0. The van der Waals surface area contributed by atoms with Crippen LogP contribution in [0.25, 0.3) is 18.2 Å². The minimum absolute atomic E-state index is 0.0943. The molecule has 0 spiro atoms. The average molecular weight is 583 g/mol. The standard InChI is InChI=1S/C33H34N4O6/c1-7-20-19(6)32(42)37-27(20)14-25-18(5)23(10-12-31(40)41)29(35-25)15-28-22(9-11-30(38)39)17(4)24(34-28)13-26-16(3)21(8-2)33(43)36-26/h7-8,13-15,34-35H,1-2,9-12H2,3-6H3,(H,37,42)(H,38,39)(H,40,41)/b24-13+,27-14?,28-15?. The van der Waals surface area contributed by atoms with Crippen LogP contribution in [0.1, 0.15) is 60.3 Å². The van der Waals surface area contributed by atoms with Crippen molar-refractivity contribution >= 4 is 47.7 Å². The van der Waals surface area contributed by atoms with Gasteiger partial charge in [0, 0.05) is 51.6 Å². The summed E-state index contributed by atoms with van der Waals surface area (Å²) in [5.74, 6) is -2.46. The topological polar surface area (TPSA) is 165 Å². The highest BCUT2D eigenvalue weighted by molar-refractivity contribution is 6.31. The van der Waals surface area contributed by atoms with Crippen LogP contribution in [0.3, 0.4) is 0 Å². The molecule has 2 amide bonds. The fraction of sp³-hybridized carbons (Fsp3) is 0.242. The van der Waals surface area contributed by atoms with Gasteiger partial charge in [-0.2, -0.15) is 0 Å². The van der Waals surface area contributed by atoms with E-state index in [-0.39, 0.29) is 37.5 Å². The molecule has 2 aliphatic rings. The highest BCUT2D eigenvalue weighted by Gasteiger charge is 2.23. The fourth-order valence-electron chi connectivity index (χ4n) is 5.34. The molecule has 10 heteroatoms. The second-order valence-corrected chi connectivity index (χ2v) is 10.5. The lowest BCUT2D eigenvalue weighted by Gasteiger charge is -2.02. The van der Waals surface area contributed by atoms with E-state index in [1.807, 2.05) is 19.9 Å². The van der Waals surface area contributed by atoms with Crippen LogP contribution in [0, 0.1) is 13.8 Å². The Bertz CT molecular complexity index is 1860. The molecule has 0 saturated heterocycles. The number of aromatic nitrogens is 2. The van der Waals surface area contributed by atoms with Crippen LogP contribution in [-0.2, 0) is 32.0 Å². The van der Waals surface area contributed by atoms with Gasteiger partial charge in [0.15, 0.2) is 0 Å². The summed E-state index contributed by atoms with van der Waals surface area (Å²) < 4.78 is 0. The number of nitrogens with zero attached hydrogens (tertiary/aromatic N) is 1. The minimum atomic E-state index is -0.941. The Hall–Kier alpha value is -5.25. The molecule has 222 valence electrons. The van der Waals surface area contributed by atoms with Crippen LogP contribution >= 0.6 is 0 Å². The predicted molar refractivity (Wildman–Crippen MR) is 165 cm³/mol. The Morgan fingerprint density at radius 2 is 1.40 bits per heavy atom. The van der Waals surface area contributed by atoms with Gasteiger partial charge in [-0.25, -0.2) is 4.99 Å². The Balaban J connectivity index is 1.92. The molecule has 0 radical (unpaired) electrons. The molecule has 5 N–H and O–H groups in total. The van der Waals surface area contributed by atoms with Gasteiger partial charge in [-0.1, -0.05) is 25.3 Å². The van der Waals surface area contributed by atoms with Gasteiger partial charge in [-0.05, 0) is 86.6 Å². The van der Waals surface area contributed by atoms with E-state index in [0.29, 0.717) is 55.8 Å². The quantitative estimate of drug-likeness (QED) is 0.273. The molecule has 0 fully saturated rings. The summed E-state index contributed by atoms with van der Waals surface area (Å²) in [5, 5.41) is 23.0. The van der Waals surface area contributed by atoms with Crippen LogP contribution in [0.4, 0.5) is 0 Å². The van der Waals surface area contributed by atoms with Gasteiger partial charge < -0.3 is 25.5 Å². The van der Waals surface area contributed by atoms with Crippen molar-refractivity contribution in [1.82, 2.24) is 15.3 Å². The number of rotatable bonds is 11. The van der Waals surface area contributed by atoms with Crippen molar-refractivity contribution in [3.63, 3.8) is 0 Å². The van der Waals surface area contributed by atoms with Crippen molar-refractivity contribution in [2.24, 2.45) is 4.99 Å². The lowest BCUT2D eigenvalue weighted by molar-refractivity contribution is -0.138. The molecular formula is C33H34N4O6. The summed E-state index contributed by atoms with van der Waals surface area (Å²) in [4.78, 5) is 58.4. The number of hydrogen-bond acceptors (Lipinski definition) is 4. The van der Waals surface area contributed by atoms with Gasteiger partial charge in [0.2, 0.25) is 0 Å². The van der Waals surface area contributed by atoms with Crippen molar-refractivity contribution < 1.29 is 29.4 Å². The van der Waals surface area contributed by atoms with E-state index in [1.54, 1.807) is 32.1 Å². The maximum atomic E-state index is 12.3. The summed E-state index contributed by atoms with van der Waals surface area (Å²) >= 11 is 0. The Morgan fingerprint density at radius 3 is 1.98 bits per heavy atom. The molecule has 0 saturated carbocycles. The zero-order valence-corrected chi connectivity index (χ0v) is 24.6. The van der Waals surface area contributed by atoms with E-state index in [9.17, 15) is 29.4 Å². The number of H-pyrrole nitrogens is 2. The highest BCUT2D eigenvalue weighted by Crippen LogP contribution is 2.27. The summed E-state index contributed by atoms with van der Waals surface area (Å²) in [7, 11) is 0. The summed E-state index contributed by atoms with van der Waals surface area (Å²) in [6.07, 6.45) is 8.80. The number of aliphatic carboxylic acids is 2. The molecule has 0 aliphatic carbocycles. The van der Waals surface area contributed by atoms with Crippen LogP contribution < -0.4 is 16.0 Å². The van der Waals surface area contributed by atoms with Gasteiger partial charge in [0.05, 0.1) is 11.4 Å². The second kappa shape index (κ2) is 12.3. The van der Waals surface area contributed by atoms with Gasteiger partial charge >= 0.3 is 11.9 Å². The second-order valence-electron chi connectivity index (χ2n) is 10.5. The predicted octanol–water partition coefficient (Wildman–Crippen LogP) is 3.06. The Labute approximate surface area is 248 Å². The number of carboxylic acids is 2. The van der Waals surface area contributed by atoms with Crippen LogP contribution in [0.15, 0.2) is 58.3 Å². The number of nitrogens with one attached hydrogen (secondary N) is 3. The van der Waals surface area contributed by atoms with Crippen molar-refractivity contribution in [3.05, 3.63) is 97.6 Å². The van der Waals surface area contributed by atoms with Crippen LogP contribution in [0.2, 0.25) is 0 Å². The van der Waals surface area contributed by atoms with E-state index in [4.69, 9.17) is 0 Å². The number of hydrogen-bond donors (Lipinski definition) is 5. The monoisotopic (exact) mass is 582 g/mol. The number of amides is 2. The molecule has 0 unspecified atom stereocenters. The van der Waals surface area contributed by atoms with Gasteiger partial charge in [-0.3, -0.25) is 19.2 Å². The summed E-state index contributed by atoms with van der Waals surface area (Å²) in [6.45, 7) is 14.8. The van der Waals surface area contributed by atoms with Gasteiger partial charge in [-0.15, -0.1) is 0 Å². The SMILES string of the molecule is C=CC1=C(C)C(/C=c2/[nH]c(=Cc3[nH]c(C=C4NC(=O)C(C)=C4C=C)c(C)c3CCC(=O)O)c(CCC(=O)O)c2C)=NC1=O. The van der Waals surface area contributed by atoms with Crippen molar-refractivity contribution in [2.75, 3.05) is 0 Å². The molecule has 2 aromatic rings. The van der Waals surface area contributed by atoms with E-state index in [1.165, 1.54) is 6.08 Å². The zero-order chi connectivity index (χ0) is 31.6. The number of carbonyl (C=O) groups excluding carboxylic acids is 2. The molecule has 0 bridgehead atoms. The van der Waals surface area contributed by atoms with E-state index >= 15 is 0 Å². The third kappa shape index (κ3) is 6.18. The smallest absolute Gasteiger partial charge is 0.303 e. The first-order chi connectivity index (χ1) is 20.4. The third-order valence-corrected chi connectivity index (χ3v) is 7.87. The summed E-state index contributed by atoms with van der Waals surface area (Å²) in [5.41, 5.74) is 7.97. The first-order valence-corrected chi connectivity index (χ1v) is 13.8. The first kappa shape index (κ1) is 30.7. The third-order valence-electron chi connectivity index (χ3n) is 7.87. The van der Waals surface area contributed by atoms with Crippen molar-refractivity contribution in [1.29, 1.82) is 0 Å². The number of aromatic amines is 2. The molecule has 4 rings (SSSR count). The average Bonchev–Trinajstić information content (AvgIpc) is 3.59. The number of allylic oxidation sites excluding steroid dienone is 2. The Morgan fingerprint density at radius 1 is 0.767 bits per heavy atom. The van der Waals surface area contributed by atoms with Crippen molar-refractivity contribution in [2.45, 2.75) is 53.4 Å². The van der Waals surface area contributed by atoms with Crippen LogP contribution in [-0.4, -0.2) is 49.6 Å². The molecular weight excluding hydrogens is 548 g/mol. The van der Waals surface area contributed by atoms with Crippen LogP contribution in [0.5, 0.6) is 0 Å². The van der Waals surface area contributed by atoms with Gasteiger partial charge in [0.25, 0.3) is 11.8 Å². The molecule has 0 aromatic carbocycles. The highest BCUT2D eigenvalue weighted by atomic mass is 16.4. The number of carboxylic acid groups (broad SMARTS) is 2. The normalized spacial score (nSPS) is 16.9. The number of aliphatic imine (C=N–C) groups is 1. The maximum Gasteiger partial charge on any atom is 0.303 e. The molecule has 4 heterocycles. The molecule has 43 heavy (non-hydrogen) atoms. The first-order valence-electron chi connectivity index (χ1n) is 13.8. The minimum Gasteiger partial charge on any atom is -0.481 e. The fourth-order valence-corrected chi connectivity index (χ4v) is 5.34. The van der Waals surface area contributed by atoms with E-state index < -0.39 is 11.9 Å². The lowest BCUT2D eigenvalue weighted by Crippen LogP contribution is -2.15. The van der Waals surface area contributed by atoms with Gasteiger partial charge in [0.1, 0.15) is 0 Å². The molecule has 2 aromatic heterocycles. The zero-order valence-electron chi connectivity index (χ0n) is 24.6. The summed E-state index contributed by atoms with van der Waals surface area (Å²) in [6, 6.07) is 0. The molecule has 2 aliphatic heterocycles. The Kier molecular flexibility index (Phi) is 8.80.